The van der Waals surface area contributed by atoms with Gasteiger partial charge in [-0.15, -0.1) is 0 Å². The molecule has 24 heavy (non-hydrogen) atoms. The normalized spacial score (nSPS) is 13.2. The molecule has 0 radical (unpaired) electrons. The highest BCUT2D eigenvalue weighted by Crippen LogP contribution is 2.30. The summed E-state index contributed by atoms with van der Waals surface area (Å²) in [5, 5.41) is 7.12. The molecule has 0 saturated carbocycles. The molecule has 0 aliphatic rings. The smallest absolute Gasteiger partial charge is 0.374 e. The van der Waals surface area contributed by atoms with E-state index in [2.05, 4.69) is 24.8 Å². The highest BCUT2D eigenvalue weighted by Gasteiger charge is 2.38. The summed E-state index contributed by atoms with van der Waals surface area (Å²) in [5.74, 6) is -0.890. The number of rotatable bonds is 4. The summed E-state index contributed by atoms with van der Waals surface area (Å²) in [5.41, 5.74) is 0.961. The topological polar surface area (TPSA) is 87.1 Å². The SMILES string of the molecule is CO[C@@H](C)c1noc(-c2ccc(-c3noc(C(F)(F)F)n3)cc2)n1. The lowest BCUT2D eigenvalue weighted by molar-refractivity contribution is -0.159. The molecule has 0 amide bonds. The molecule has 3 aromatic rings. The Morgan fingerprint density at radius 1 is 1.00 bits per heavy atom. The molecule has 1 aromatic carbocycles. The number of alkyl halides is 3. The van der Waals surface area contributed by atoms with Crippen molar-refractivity contribution in [2.45, 2.75) is 19.2 Å². The molecule has 0 unspecified atom stereocenters. The Hall–Kier alpha value is -2.75. The van der Waals surface area contributed by atoms with Gasteiger partial charge in [-0.3, -0.25) is 0 Å². The van der Waals surface area contributed by atoms with Crippen molar-refractivity contribution in [3.05, 3.63) is 36.0 Å². The standard InChI is InChI=1S/C14H11F3N4O3/c1-7(22-2)10-18-12(23-20-10)9-5-3-8(4-6-9)11-19-13(24-21-11)14(15,16)17/h3-7H,1-2H3/t7-/m0/s1. The van der Waals surface area contributed by atoms with Crippen LogP contribution in [-0.2, 0) is 10.9 Å². The quantitative estimate of drug-likeness (QED) is 0.718. The Morgan fingerprint density at radius 3 is 2.25 bits per heavy atom. The first-order chi connectivity index (χ1) is 11.4. The van der Waals surface area contributed by atoms with Gasteiger partial charge in [0, 0.05) is 18.2 Å². The van der Waals surface area contributed by atoms with Gasteiger partial charge in [-0.25, -0.2) is 0 Å². The van der Waals surface area contributed by atoms with E-state index in [4.69, 9.17) is 9.26 Å². The third-order valence-corrected chi connectivity index (χ3v) is 3.22. The molecule has 7 nitrogen and oxygen atoms in total. The molecule has 0 bridgehead atoms. The molecular formula is C14H11F3N4O3. The Labute approximate surface area is 133 Å². The Morgan fingerprint density at radius 2 is 1.67 bits per heavy atom. The third-order valence-electron chi connectivity index (χ3n) is 3.22. The summed E-state index contributed by atoms with van der Waals surface area (Å²) in [6.07, 6.45) is -4.99. The van der Waals surface area contributed by atoms with E-state index in [0.717, 1.165) is 0 Å². The van der Waals surface area contributed by atoms with E-state index < -0.39 is 12.1 Å². The molecule has 0 aliphatic heterocycles. The second kappa shape index (κ2) is 6.04. The number of aromatic nitrogens is 4. The lowest BCUT2D eigenvalue weighted by Crippen LogP contribution is -2.04. The van der Waals surface area contributed by atoms with Gasteiger partial charge in [-0.05, 0) is 19.1 Å². The van der Waals surface area contributed by atoms with E-state index >= 15 is 0 Å². The second-order valence-electron chi connectivity index (χ2n) is 4.83. The van der Waals surface area contributed by atoms with Gasteiger partial charge in [-0.1, -0.05) is 22.4 Å². The molecule has 0 N–H and O–H groups in total. The van der Waals surface area contributed by atoms with Crippen LogP contribution in [0.15, 0.2) is 33.3 Å². The highest BCUT2D eigenvalue weighted by atomic mass is 19.4. The molecule has 126 valence electrons. The molecule has 1 atom stereocenters. The van der Waals surface area contributed by atoms with E-state index in [0.29, 0.717) is 17.0 Å². The fourth-order valence-electron chi connectivity index (χ4n) is 1.84. The van der Waals surface area contributed by atoms with Gasteiger partial charge in [0.2, 0.25) is 11.6 Å². The van der Waals surface area contributed by atoms with Crippen LogP contribution in [0.5, 0.6) is 0 Å². The minimum atomic E-state index is -4.68. The van der Waals surface area contributed by atoms with Gasteiger partial charge >= 0.3 is 12.1 Å². The monoisotopic (exact) mass is 340 g/mol. The maximum Gasteiger partial charge on any atom is 0.471 e. The zero-order chi connectivity index (χ0) is 17.3. The lowest BCUT2D eigenvalue weighted by Gasteiger charge is -2.01. The van der Waals surface area contributed by atoms with E-state index in [1.165, 1.54) is 19.2 Å². The second-order valence-corrected chi connectivity index (χ2v) is 4.83. The third kappa shape index (κ3) is 3.13. The number of ether oxygens (including phenoxy) is 1. The maximum atomic E-state index is 12.5. The summed E-state index contributed by atoms with van der Waals surface area (Å²) in [6.45, 7) is 1.77. The van der Waals surface area contributed by atoms with Crippen molar-refractivity contribution in [3.8, 4) is 22.8 Å². The van der Waals surface area contributed by atoms with Crippen LogP contribution in [0.3, 0.4) is 0 Å². The number of methoxy groups -OCH3 is 1. The largest absolute Gasteiger partial charge is 0.471 e. The molecule has 10 heteroatoms. The van der Waals surface area contributed by atoms with Crippen LogP contribution in [0, 0.1) is 0 Å². The molecule has 3 rings (SSSR count). The minimum Gasteiger partial charge on any atom is -0.374 e. The Bertz CT molecular complexity index is 826. The van der Waals surface area contributed by atoms with Gasteiger partial charge in [0.15, 0.2) is 0 Å². The van der Waals surface area contributed by atoms with Gasteiger partial charge < -0.3 is 13.8 Å². The predicted octanol–water partition coefficient (Wildman–Crippen LogP) is 3.51. The van der Waals surface area contributed by atoms with Crippen molar-refractivity contribution in [1.29, 1.82) is 0 Å². The summed E-state index contributed by atoms with van der Waals surface area (Å²) in [4.78, 5) is 7.51. The fourth-order valence-corrected chi connectivity index (χ4v) is 1.84. The molecule has 2 aromatic heterocycles. The van der Waals surface area contributed by atoms with E-state index in [-0.39, 0.29) is 17.8 Å². The van der Waals surface area contributed by atoms with Crippen molar-refractivity contribution in [2.24, 2.45) is 0 Å². The number of hydrogen-bond acceptors (Lipinski definition) is 7. The number of nitrogens with zero attached hydrogens (tertiary/aromatic N) is 4. The Kier molecular flexibility index (Phi) is 4.06. The van der Waals surface area contributed by atoms with Crippen LogP contribution in [-0.4, -0.2) is 27.4 Å². The zero-order valence-electron chi connectivity index (χ0n) is 12.5. The van der Waals surface area contributed by atoms with Crippen LogP contribution in [0.25, 0.3) is 22.8 Å². The van der Waals surface area contributed by atoms with Crippen LogP contribution in [0.2, 0.25) is 0 Å². The van der Waals surface area contributed by atoms with Crippen molar-refractivity contribution < 1.29 is 27.0 Å². The first-order valence-electron chi connectivity index (χ1n) is 6.76. The molecule has 0 aliphatic carbocycles. The molecule has 2 heterocycles. The van der Waals surface area contributed by atoms with Crippen molar-refractivity contribution in [1.82, 2.24) is 20.3 Å². The van der Waals surface area contributed by atoms with Crippen LogP contribution in [0.4, 0.5) is 13.2 Å². The molecule has 0 spiro atoms. The van der Waals surface area contributed by atoms with Crippen molar-refractivity contribution in [3.63, 3.8) is 0 Å². The molecular weight excluding hydrogens is 329 g/mol. The summed E-state index contributed by atoms with van der Waals surface area (Å²) in [7, 11) is 1.52. The Balaban J connectivity index is 1.83. The summed E-state index contributed by atoms with van der Waals surface area (Å²) < 4.78 is 51.8. The van der Waals surface area contributed by atoms with E-state index in [1.807, 2.05) is 0 Å². The number of benzene rings is 1. The average Bonchev–Trinajstić information content (AvgIpc) is 3.23. The predicted molar refractivity (Wildman–Crippen MR) is 73.5 cm³/mol. The van der Waals surface area contributed by atoms with Gasteiger partial charge in [0.25, 0.3) is 5.89 Å². The number of hydrogen-bond donors (Lipinski definition) is 0. The maximum absolute atomic E-state index is 12.5. The highest BCUT2D eigenvalue weighted by molar-refractivity contribution is 5.62. The number of halogens is 3. The lowest BCUT2D eigenvalue weighted by atomic mass is 10.1. The van der Waals surface area contributed by atoms with Crippen LogP contribution in [0.1, 0.15) is 24.7 Å². The zero-order valence-corrected chi connectivity index (χ0v) is 12.5. The first-order valence-corrected chi connectivity index (χ1v) is 6.76. The summed E-state index contributed by atoms with van der Waals surface area (Å²) >= 11 is 0. The van der Waals surface area contributed by atoms with Crippen molar-refractivity contribution in [2.75, 3.05) is 7.11 Å². The van der Waals surface area contributed by atoms with Crippen molar-refractivity contribution >= 4 is 0 Å². The summed E-state index contributed by atoms with van der Waals surface area (Å²) in [6, 6.07) is 6.27. The fraction of sp³-hybridized carbons (Fsp3) is 0.286. The van der Waals surface area contributed by atoms with E-state index in [9.17, 15) is 13.2 Å². The van der Waals surface area contributed by atoms with E-state index in [1.54, 1.807) is 19.1 Å². The average molecular weight is 340 g/mol. The van der Waals surface area contributed by atoms with Crippen LogP contribution < -0.4 is 0 Å². The van der Waals surface area contributed by atoms with Crippen LogP contribution >= 0.6 is 0 Å². The van der Waals surface area contributed by atoms with Gasteiger partial charge in [0.05, 0.1) is 0 Å². The van der Waals surface area contributed by atoms with Gasteiger partial charge in [0.1, 0.15) is 6.10 Å². The first kappa shape index (κ1) is 16.1. The minimum absolute atomic E-state index is 0.159. The molecule has 0 saturated heterocycles. The van der Waals surface area contributed by atoms with Gasteiger partial charge in [-0.2, -0.15) is 23.1 Å². The molecule has 0 fully saturated rings.